The largest absolute Gasteiger partial charge is 0.342 e. The molecule has 0 saturated carbocycles. The van der Waals surface area contributed by atoms with E-state index in [1.807, 2.05) is 6.07 Å². The quantitative estimate of drug-likeness (QED) is 0.900. The van der Waals surface area contributed by atoms with Crippen molar-refractivity contribution in [1.82, 2.24) is 10.2 Å². The minimum Gasteiger partial charge on any atom is -0.342 e. The fourth-order valence-corrected chi connectivity index (χ4v) is 4.47. The van der Waals surface area contributed by atoms with E-state index in [9.17, 15) is 4.79 Å². The van der Waals surface area contributed by atoms with Crippen LogP contribution in [-0.2, 0) is 10.5 Å². The monoisotopic (exact) mass is 354 g/mol. The molecule has 1 aromatic rings. The van der Waals surface area contributed by atoms with Crippen LogP contribution in [0, 0.1) is 5.41 Å². The van der Waals surface area contributed by atoms with E-state index in [2.05, 4.69) is 41.4 Å². The van der Waals surface area contributed by atoms with Gasteiger partial charge in [0.1, 0.15) is 0 Å². The topological polar surface area (TPSA) is 32.3 Å². The molecule has 1 aromatic carbocycles. The number of hydrogen-bond acceptors (Lipinski definition) is 3. The Morgan fingerprint density at radius 1 is 1.26 bits per heavy atom. The summed E-state index contributed by atoms with van der Waals surface area (Å²) < 4.78 is 0. The van der Waals surface area contributed by atoms with Gasteiger partial charge in [-0.3, -0.25) is 4.79 Å². The Balaban J connectivity index is 0.00000192. The van der Waals surface area contributed by atoms with Crippen molar-refractivity contribution in [2.75, 3.05) is 26.2 Å². The van der Waals surface area contributed by atoms with Crippen LogP contribution in [-0.4, -0.2) is 42.2 Å². The number of hydrogen-bond donors (Lipinski definition) is 1. The maximum atomic E-state index is 12.6. The van der Waals surface area contributed by atoms with Crippen LogP contribution in [0.3, 0.4) is 0 Å². The number of nitrogens with one attached hydrogen (secondary N) is 1. The highest BCUT2D eigenvalue weighted by molar-refractivity contribution is 7.99. The summed E-state index contributed by atoms with van der Waals surface area (Å²) in [6.07, 6.45) is 3.62. The van der Waals surface area contributed by atoms with Crippen molar-refractivity contribution in [3.63, 3.8) is 0 Å². The SMILES string of the molecule is CC(SCc1ccccc1)C(=O)N1CCC2(CCNC2)CC1.Cl. The summed E-state index contributed by atoms with van der Waals surface area (Å²) in [5.41, 5.74) is 1.78. The van der Waals surface area contributed by atoms with E-state index < -0.39 is 0 Å². The molecule has 128 valence electrons. The molecular weight excluding hydrogens is 328 g/mol. The molecule has 2 fully saturated rings. The first-order chi connectivity index (χ1) is 10.7. The third kappa shape index (κ3) is 4.65. The molecule has 2 saturated heterocycles. The standard InChI is InChI=1S/C18H26N2OS.ClH/c1-15(22-13-16-5-3-2-4-6-16)17(21)20-11-8-18(9-12-20)7-10-19-14-18;/h2-6,15,19H,7-14H2,1H3;1H. The molecule has 1 unspecified atom stereocenters. The summed E-state index contributed by atoms with van der Waals surface area (Å²) in [5, 5.41) is 3.53. The second-order valence-electron chi connectivity index (χ2n) is 6.69. The van der Waals surface area contributed by atoms with Crippen LogP contribution < -0.4 is 5.32 Å². The first kappa shape index (κ1) is 18.6. The molecule has 0 aliphatic carbocycles. The van der Waals surface area contributed by atoms with Gasteiger partial charge in [0.05, 0.1) is 5.25 Å². The number of carbonyl (C=O) groups is 1. The highest BCUT2D eigenvalue weighted by Crippen LogP contribution is 2.37. The van der Waals surface area contributed by atoms with Gasteiger partial charge in [0.25, 0.3) is 0 Å². The number of nitrogens with zero attached hydrogens (tertiary/aromatic N) is 1. The maximum absolute atomic E-state index is 12.6. The number of carbonyl (C=O) groups excluding carboxylic acids is 1. The first-order valence-electron chi connectivity index (χ1n) is 8.34. The summed E-state index contributed by atoms with van der Waals surface area (Å²) in [6.45, 7) is 6.23. The minimum absolute atomic E-state index is 0. The molecule has 1 amide bonds. The van der Waals surface area contributed by atoms with Gasteiger partial charge in [0.15, 0.2) is 0 Å². The fourth-order valence-electron chi connectivity index (χ4n) is 3.55. The molecule has 2 heterocycles. The molecule has 1 atom stereocenters. The van der Waals surface area contributed by atoms with E-state index in [0.29, 0.717) is 11.3 Å². The predicted octanol–water partition coefficient (Wildman–Crippen LogP) is 3.33. The molecule has 0 aromatic heterocycles. The average Bonchev–Trinajstić information content (AvgIpc) is 3.02. The summed E-state index contributed by atoms with van der Waals surface area (Å²) in [6, 6.07) is 10.4. The third-order valence-corrected chi connectivity index (χ3v) is 6.36. The van der Waals surface area contributed by atoms with E-state index in [4.69, 9.17) is 0 Å². The lowest BCUT2D eigenvalue weighted by Gasteiger charge is -2.39. The molecule has 3 rings (SSSR count). The van der Waals surface area contributed by atoms with Crippen LogP contribution in [0.1, 0.15) is 31.7 Å². The minimum atomic E-state index is 0. The zero-order chi connectivity index (χ0) is 15.4. The normalized spacial score (nSPS) is 21.0. The molecule has 1 N–H and O–H groups in total. The van der Waals surface area contributed by atoms with Gasteiger partial charge in [0, 0.05) is 25.4 Å². The van der Waals surface area contributed by atoms with Crippen molar-refractivity contribution in [3.05, 3.63) is 35.9 Å². The zero-order valence-corrected chi connectivity index (χ0v) is 15.4. The molecule has 23 heavy (non-hydrogen) atoms. The second kappa shape index (κ2) is 8.41. The van der Waals surface area contributed by atoms with Crippen LogP contribution in [0.4, 0.5) is 0 Å². The van der Waals surface area contributed by atoms with Gasteiger partial charge >= 0.3 is 0 Å². The number of thioether (sulfide) groups is 1. The predicted molar refractivity (Wildman–Crippen MR) is 100 cm³/mol. The lowest BCUT2D eigenvalue weighted by molar-refractivity contribution is -0.132. The van der Waals surface area contributed by atoms with Crippen LogP contribution in [0.5, 0.6) is 0 Å². The van der Waals surface area contributed by atoms with E-state index in [1.165, 1.54) is 24.8 Å². The highest BCUT2D eigenvalue weighted by atomic mass is 35.5. The molecule has 2 aliphatic rings. The fraction of sp³-hybridized carbons (Fsp3) is 0.611. The number of likely N-dealkylation sites (tertiary alicyclic amines) is 1. The van der Waals surface area contributed by atoms with Crippen LogP contribution >= 0.6 is 24.2 Å². The smallest absolute Gasteiger partial charge is 0.235 e. The van der Waals surface area contributed by atoms with Crippen LogP contribution in [0.15, 0.2) is 30.3 Å². The molecule has 5 heteroatoms. The Hall–Kier alpha value is -0.710. The number of halogens is 1. The Morgan fingerprint density at radius 3 is 2.57 bits per heavy atom. The van der Waals surface area contributed by atoms with Gasteiger partial charge in [-0.25, -0.2) is 0 Å². The van der Waals surface area contributed by atoms with E-state index in [-0.39, 0.29) is 17.7 Å². The first-order valence-corrected chi connectivity index (χ1v) is 9.38. The van der Waals surface area contributed by atoms with Crippen LogP contribution in [0.25, 0.3) is 0 Å². The van der Waals surface area contributed by atoms with E-state index in [1.54, 1.807) is 11.8 Å². The summed E-state index contributed by atoms with van der Waals surface area (Å²) >= 11 is 1.75. The third-order valence-electron chi connectivity index (χ3n) is 5.16. The highest BCUT2D eigenvalue weighted by Gasteiger charge is 2.38. The van der Waals surface area contributed by atoms with Gasteiger partial charge in [-0.1, -0.05) is 30.3 Å². The Labute approximate surface area is 150 Å². The van der Waals surface area contributed by atoms with E-state index in [0.717, 1.165) is 31.9 Å². The summed E-state index contributed by atoms with van der Waals surface area (Å²) in [5.74, 6) is 1.23. The Bertz CT molecular complexity index is 495. The van der Waals surface area contributed by atoms with Crippen molar-refractivity contribution in [1.29, 1.82) is 0 Å². The van der Waals surface area contributed by atoms with Gasteiger partial charge < -0.3 is 10.2 Å². The Morgan fingerprint density at radius 2 is 1.96 bits per heavy atom. The van der Waals surface area contributed by atoms with Gasteiger partial charge in [0.2, 0.25) is 5.91 Å². The number of rotatable bonds is 4. The summed E-state index contributed by atoms with van der Waals surface area (Å²) in [4.78, 5) is 14.7. The molecule has 0 radical (unpaired) electrons. The molecule has 3 nitrogen and oxygen atoms in total. The van der Waals surface area contributed by atoms with E-state index >= 15 is 0 Å². The average molecular weight is 355 g/mol. The van der Waals surface area contributed by atoms with Crippen molar-refractivity contribution < 1.29 is 4.79 Å². The lowest BCUT2D eigenvalue weighted by atomic mass is 9.78. The number of piperidine rings is 1. The zero-order valence-electron chi connectivity index (χ0n) is 13.8. The van der Waals surface area contributed by atoms with Gasteiger partial charge in [-0.15, -0.1) is 24.2 Å². The number of benzene rings is 1. The molecular formula is C18H27ClN2OS. The van der Waals surface area contributed by atoms with Crippen molar-refractivity contribution in [3.8, 4) is 0 Å². The maximum Gasteiger partial charge on any atom is 0.235 e. The van der Waals surface area contributed by atoms with Crippen LogP contribution in [0.2, 0.25) is 0 Å². The summed E-state index contributed by atoms with van der Waals surface area (Å²) in [7, 11) is 0. The lowest BCUT2D eigenvalue weighted by Crippen LogP contribution is -2.46. The molecule has 2 aliphatic heterocycles. The number of amides is 1. The van der Waals surface area contributed by atoms with Gasteiger partial charge in [-0.05, 0) is 43.7 Å². The van der Waals surface area contributed by atoms with Crippen molar-refractivity contribution in [2.24, 2.45) is 5.41 Å². The molecule has 0 bridgehead atoms. The Kier molecular flexibility index (Phi) is 6.81. The second-order valence-corrected chi connectivity index (χ2v) is 8.02. The molecule has 1 spiro atoms. The van der Waals surface area contributed by atoms with Crippen molar-refractivity contribution >= 4 is 30.1 Å². The van der Waals surface area contributed by atoms with Crippen molar-refractivity contribution in [2.45, 2.75) is 37.2 Å². The van der Waals surface area contributed by atoms with Gasteiger partial charge in [-0.2, -0.15) is 0 Å².